The van der Waals surface area contributed by atoms with Crippen molar-refractivity contribution in [3.63, 3.8) is 0 Å². The van der Waals surface area contributed by atoms with E-state index in [1.165, 1.54) is 19.2 Å². The first-order chi connectivity index (χ1) is 10.0. The molecule has 0 atom stereocenters. The third-order valence-corrected chi connectivity index (χ3v) is 2.75. The van der Waals surface area contributed by atoms with Gasteiger partial charge in [0.05, 0.1) is 7.11 Å². The van der Waals surface area contributed by atoms with Crippen LogP contribution >= 0.6 is 0 Å². The number of hydrogen-bond acceptors (Lipinski definition) is 5. The maximum atomic E-state index is 12.4. The highest BCUT2D eigenvalue weighted by atomic mass is 19.3. The fraction of sp³-hybridized carbons (Fsp3) is 0.286. The summed E-state index contributed by atoms with van der Waals surface area (Å²) < 4.78 is 34.3. The third kappa shape index (κ3) is 3.56. The first-order valence-electron chi connectivity index (χ1n) is 6.20. The van der Waals surface area contributed by atoms with Crippen LogP contribution < -0.4 is 14.8 Å². The number of hydrogen-bond donors (Lipinski definition) is 1. The number of methoxy groups -OCH3 is 1. The Hall–Kier alpha value is -2.44. The number of halogens is 2. The summed E-state index contributed by atoms with van der Waals surface area (Å²) >= 11 is 0. The van der Waals surface area contributed by atoms with Crippen LogP contribution in [0.1, 0.15) is 5.69 Å². The van der Waals surface area contributed by atoms with Crippen LogP contribution in [0, 0.1) is 6.92 Å². The van der Waals surface area contributed by atoms with E-state index in [0.29, 0.717) is 17.2 Å². The number of nitrogens with one attached hydrogen (secondary N) is 1. The number of anilines is 1. The summed E-state index contributed by atoms with van der Waals surface area (Å²) in [5.41, 5.74) is 1.32. The molecule has 0 amide bonds. The molecule has 1 heterocycles. The van der Waals surface area contributed by atoms with Crippen LogP contribution in [0.4, 0.5) is 14.6 Å². The average Bonchev–Trinajstić information content (AvgIpc) is 2.45. The van der Waals surface area contributed by atoms with Gasteiger partial charge >= 0.3 is 6.61 Å². The zero-order valence-electron chi connectivity index (χ0n) is 11.9. The van der Waals surface area contributed by atoms with Gasteiger partial charge in [-0.25, -0.2) is 9.97 Å². The van der Waals surface area contributed by atoms with Gasteiger partial charge in [0.25, 0.3) is 0 Å². The Morgan fingerprint density at radius 2 is 1.90 bits per heavy atom. The van der Waals surface area contributed by atoms with Crippen molar-refractivity contribution >= 4 is 5.82 Å². The molecular weight excluding hydrogens is 280 g/mol. The first-order valence-corrected chi connectivity index (χ1v) is 6.20. The van der Waals surface area contributed by atoms with Gasteiger partial charge in [-0.15, -0.1) is 0 Å². The standard InChI is InChI=1S/C14H15F2N3O2/c1-8-6-12(17-2)19-13(18-8)9-4-5-10(20-3)11(7-9)21-14(15)16/h4-7,14H,1-3H3,(H,17,18,19). The molecule has 2 aromatic rings. The van der Waals surface area contributed by atoms with E-state index < -0.39 is 6.61 Å². The van der Waals surface area contributed by atoms with Crippen LogP contribution in [0.25, 0.3) is 11.4 Å². The molecular formula is C14H15F2N3O2. The molecule has 2 rings (SSSR count). The summed E-state index contributed by atoms with van der Waals surface area (Å²) in [4.78, 5) is 8.58. The number of alkyl halides is 2. The number of nitrogens with zero attached hydrogens (tertiary/aromatic N) is 2. The maximum Gasteiger partial charge on any atom is 0.387 e. The lowest BCUT2D eigenvalue weighted by Gasteiger charge is -2.11. The minimum Gasteiger partial charge on any atom is -0.493 e. The van der Waals surface area contributed by atoms with Crippen molar-refractivity contribution in [1.82, 2.24) is 9.97 Å². The molecule has 0 aliphatic carbocycles. The van der Waals surface area contributed by atoms with Crippen LogP contribution in [-0.4, -0.2) is 30.7 Å². The van der Waals surface area contributed by atoms with Gasteiger partial charge in [0, 0.05) is 24.4 Å². The minimum atomic E-state index is -2.93. The van der Waals surface area contributed by atoms with Gasteiger partial charge in [-0.1, -0.05) is 0 Å². The summed E-state index contributed by atoms with van der Waals surface area (Å²) in [6.45, 7) is -1.10. The molecule has 1 aromatic carbocycles. The van der Waals surface area contributed by atoms with E-state index in [0.717, 1.165) is 5.69 Å². The lowest BCUT2D eigenvalue weighted by molar-refractivity contribution is -0.0511. The van der Waals surface area contributed by atoms with Gasteiger partial charge in [0.2, 0.25) is 0 Å². The van der Waals surface area contributed by atoms with Gasteiger partial charge in [-0.3, -0.25) is 0 Å². The molecule has 0 aliphatic rings. The highest BCUT2D eigenvalue weighted by Crippen LogP contribution is 2.32. The summed E-state index contributed by atoms with van der Waals surface area (Å²) in [7, 11) is 3.13. The highest BCUT2D eigenvalue weighted by Gasteiger charge is 2.13. The minimum absolute atomic E-state index is 0.0545. The molecule has 0 saturated carbocycles. The molecule has 0 unspecified atom stereocenters. The van der Waals surface area contributed by atoms with Crippen molar-refractivity contribution in [2.45, 2.75) is 13.5 Å². The molecule has 0 bridgehead atoms. The fourth-order valence-electron chi connectivity index (χ4n) is 1.83. The zero-order valence-corrected chi connectivity index (χ0v) is 11.9. The van der Waals surface area contributed by atoms with Gasteiger partial charge < -0.3 is 14.8 Å². The normalized spacial score (nSPS) is 10.6. The van der Waals surface area contributed by atoms with Gasteiger partial charge in [-0.2, -0.15) is 8.78 Å². The van der Waals surface area contributed by atoms with Crippen LogP contribution in [0.5, 0.6) is 11.5 Å². The highest BCUT2D eigenvalue weighted by molar-refractivity contribution is 5.62. The number of rotatable bonds is 5. The molecule has 0 spiro atoms. The molecule has 0 saturated heterocycles. The molecule has 7 heteroatoms. The van der Waals surface area contributed by atoms with E-state index in [1.807, 2.05) is 6.92 Å². The Kier molecular flexibility index (Phi) is 4.52. The van der Waals surface area contributed by atoms with Crippen molar-refractivity contribution in [3.8, 4) is 22.9 Å². The summed E-state index contributed by atoms with van der Waals surface area (Å²) in [6, 6.07) is 6.44. The molecule has 112 valence electrons. The van der Waals surface area contributed by atoms with Crippen molar-refractivity contribution in [2.75, 3.05) is 19.5 Å². The van der Waals surface area contributed by atoms with E-state index >= 15 is 0 Å². The van der Waals surface area contributed by atoms with Crippen molar-refractivity contribution in [2.24, 2.45) is 0 Å². The second-order valence-electron chi connectivity index (χ2n) is 4.21. The largest absolute Gasteiger partial charge is 0.493 e. The van der Waals surface area contributed by atoms with Gasteiger partial charge in [0.15, 0.2) is 17.3 Å². The van der Waals surface area contributed by atoms with E-state index in [4.69, 9.17) is 4.74 Å². The molecule has 0 fully saturated rings. The Balaban J connectivity index is 2.46. The predicted octanol–water partition coefficient (Wildman–Crippen LogP) is 3.10. The molecule has 1 N–H and O–H groups in total. The lowest BCUT2D eigenvalue weighted by atomic mass is 10.2. The Morgan fingerprint density at radius 1 is 1.14 bits per heavy atom. The van der Waals surface area contributed by atoms with Crippen LogP contribution in [0.15, 0.2) is 24.3 Å². The van der Waals surface area contributed by atoms with E-state index in [2.05, 4.69) is 20.0 Å². The summed E-state index contributed by atoms with van der Waals surface area (Å²) in [5.74, 6) is 1.23. The predicted molar refractivity (Wildman–Crippen MR) is 74.9 cm³/mol. The van der Waals surface area contributed by atoms with Crippen molar-refractivity contribution in [3.05, 3.63) is 30.0 Å². The third-order valence-electron chi connectivity index (χ3n) is 2.75. The summed E-state index contributed by atoms with van der Waals surface area (Å²) in [6.07, 6.45) is 0. The van der Waals surface area contributed by atoms with Gasteiger partial charge in [0.1, 0.15) is 5.82 Å². The number of benzene rings is 1. The van der Waals surface area contributed by atoms with Crippen LogP contribution in [-0.2, 0) is 0 Å². The molecule has 21 heavy (non-hydrogen) atoms. The van der Waals surface area contributed by atoms with Gasteiger partial charge in [-0.05, 0) is 25.1 Å². The Morgan fingerprint density at radius 3 is 2.52 bits per heavy atom. The van der Waals surface area contributed by atoms with Crippen LogP contribution in [0.2, 0.25) is 0 Å². The quantitative estimate of drug-likeness (QED) is 0.918. The van der Waals surface area contributed by atoms with E-state index in [9.17, 15) is 8.78 Å². The van der Waals surface area contributed by atoms with E-state index in [-0.39, 0.29) is 11.5 Å². The average molecular weight is 295 g/mol. The molecule has 0 aliphatic heterocycles. The Labute approximate surface area is 120 Å². The summed E-state index contributed by atoms with van der Waals surface area (Å²) in [5, 5.41) is 2.92. The lowest BCUT2D eigenvalue weighted by Crippen LogP contribution is -2.04. The zero-order chi connectivity index (χ0) is 15.4. The smallest absolute Gasteiger partial charge is 0.387 e. The second kappa shape index (κ2) is 6.34. The molecule has 5 nitrogen and oxygen atoms in total. The fourth-order valence-corrected chi connectivity index (χ4v) is 1.83. The molecule has 1 aromatic heterocycles. The van der Waals surface area contributed by atoms with Crippen molar-refractivity contribution < 1.29 is 18.3 Å². The maximum absolute atomic E-state index is 12.4. The first kappa shape index (κ1) is 15.0. The van der Waals surface area contributed by atoms with Crippen LogP contribution in [0.3, 0.4) is 0 Å². The second-order valence-corrected chi connectivity index (χ2v) is 4.21. The topological polar surface area (TPSA) is 56.3 Å². The Bertz CT molecular complexity index is 636. The molecule has 0 radical (unpaired) electrons. The SMILES string of the molecule is CNc1cc(C)nc(-c2ccc(OC)c(OC(F)F)c2)n1. The number of aromatic nitrogens is 2. The van der Waals surface area contributed by atoms with Crippen molar-refractivity contribution in [1.29, 1.82) is 0 Å². The number of aryl methyl sites for hydroxylation is 1. The van der Waals surface area contributed by atoms with E-state index in [1.54, 1.807) is 19.2 Å². The number of ether oxygens (including phenoxy) is 2. The monoisotopic (exact) mass is 295 g/mol.